The van der Waals surface area contributed by atoms with Crippen LogP contribution in [0.5, 0.6) is 0 Å². The molecule has 1 aromatic carbocycles. The van der Waals surface area contributed by atoms with Crippen LogP contribution in [0.1, 0.15) is 11.1 Å². The normalized spacial score (nSPS) is 11.0. The van der Waals surface area contributed by atoms with E-state index in [0.717, 1.165) is 28.9 Å². The fourth-order valence-corrected chi connectivity index (χ4v) is 2.89. The molecular weight excluding hydrogens is 310 g/mol. The van der Waals surface area contributed by atoms with E-state index in [1.165, 1.54) is 11.1 Å². The van der Waals surface area contributed by atoms with Gasteiger partial charge in [-0.25, -0.2) is 0 Å². The van der Waals surface area contributed by atoms with Crippen molar-refractivity contribution in [3.8, 4) is 22.4 Å². The zero-order valence-corrected chi connectivity index (χ0v) is 14.3. The molecule has 5 heteroatoms. The minimum Gasteiger partial charge on any atom is -0.275 e. The molecule has 124 valence electrons. The summed E-state index contributed by atoms with van der Waals surface area (Å²) in [5.41, 5.74) is 6.73. The van der Waals surface area contributed by atoms with Crippen LogP contribution < -0.4 is 0 Å². The van der Waals surface area contributed by atoms with Crippen molar-refractivity contribution in [3.05, 3.63) is 78.5 Å². The third-order valence-corrected chi connectivity index (χ3v) is 4.31. The van der Waals surface area contributed by atoms with E-state index in [0.29, 0.717) is 0 Å². The first kappa shape index (κ1) is 15.3. The zero-order valence-electron chi connectivity index (χ0n) is 14.3. The maximum Gasteiger partial charge on any atom is 0.0923 e. The largest absolute Gasteiger partial charge is 0.275 e. The van der Waals surface area contributed by atoms with Gasteiger partial charge in [-0.3, -0.25) is 14.3 Å². The van der Waals surface area contributed by atoms with Gasteiger partial charge in [0.2, 0.25) is 0 Å². The van der Waals surface area contributed by atoms with Crippen LogP contribution in [0.4, 0.5) is 0 Å². The second kappa shape index (κ2) is 6.36. The molecule has 0 bridgehead atoms. The fraction of sp³-hybridized carbons (Fsp3) is 0.150. The molecule has 0 fully saturated rings. The van der Waals surface area contributed by atoms with E-state index in [1.807, 2.05) is 53.5 Å². The third kappa shape index (κ3) is 3.21. The Kier molecular flexibility index (Phi) is 3.90. The van der Waals surface area contributed by atoms with Crippen LogP contribution in [0, 0.1) is 6.92 Å². The number of pyridine rings is 1. The van der Waals surface area contributed by atoms with Gasteiger partial charge in [-0.1, -0.05) is 18.2 Å². The van der Waals surface area contributed by atoms with Gasteiger partial charge in [0.1, 0.15) is 0 Å². The van der Waals surface area contributed by atoms with Crippen LogP contribution in [0.2, 0.25) is 0 Å². The van der Waals surface area contributed by atoms with Gasteiger partial charge in [-0.05, 0) is 41.8 Å². The van der Waals surface area contributed by atoms with Crippen molar-refractivity contribution >= 4 is 0 Å². The van der Waals surface area contributed by atoms with E-state index in [2.05, 4.69) is 47.3 Å². The first-order valence-corrected chi connectivity index (χ1v) is 8.21. The van der Waals surface area contributed by atoms with Crippen LogP contribution in [0.15, 0.2) is 67.4 Å². The van der Waals surface area contributed by atoms with Gasteiger partial charge < -0.3 is 0 Å². The molecule has 0 aliphatic heterocycles. The van der Waals surface area contributed by atoms with Crippen molar-refractivity contribution in [3.63, 3.8) is 0 Å². The lowest BCUT2D eigenvalue weighted by Crippen LogP contribution is -2.02. The lowest BCUT2D eigenvalue weighted by atomic mass is 10.0. The number of hydrogen-bond donors (Lipinski definition) is 0. The quantitative estimate of drug-likeness (QED) is 0.573. The summed E-state index contributed by atoms with van der Waals surface area (Å²) in [7, 11) is 1.93. The molecule has 0 saturated carbocycles. The number of aryl methyl sites for hydroxylation is 2. The molecule has 3 aromatic heterocycles. The van der Waals surface area contributed by atoms with Crippen LogP contribution >= 0.6 is 0 Å². The van der Waals surface area contributed by atoms with Crippen LogP contribution in [-0.4, -0.2) is 24.5 Å². The van der Waals surface area contributed by atoms with Crippen molar-refractivity contribution in [1.29, 1.82) is 0 Å². The maximum atomic E-state index is 4.73. The lowest BCUT2D eigenvalue weighted by molar-refractivity contribution is 0.685. The Hall–Kier alpha value is -3.21. The van der Waals surface area contributed by atoms with Crippen molar-refractivity contribution < 1.29 is 0 Å². The smallest absolute Gasteiger partial charge is 0.0923 e. The average molecular weight is 329 g/mol. The topological polar surface area (TPSA) is 48.5 Å². The maximum absolute atomic E-state index is 4.73. The number of nitrogens with zero attached hydrogens (tertiary/aromatic N) is 5. The molecule has 0 amide bonds. The fourth-order valence-electron chi connectivity index (χ4n) is 2.89. The highest BCUT2D eigenvalue weighted by Gasteiger charge is 2.07. The van der Waals surface area contributed by atoms with Gasteiger partial charge in [0.25, 0.3) is 0 Å². The number of aromatic nitrogens is 5. The molecule has 0 saturated heterocycles. The molecule has 25 heavy (non-hydrogen) atoms. The molecule has 0 aliphatic rings. The molecule has 5 nitrogen and oxygen atoms in total. The molecule has 0 radical (unpaired) electrons. The minimum absolute atomic E-state index is 0.747. The average Bonchev–Trinajstić information content (AvgIpc) is 3.26. The number of rotatable bonds is 4. The predicted octanol–water partition coefficient (Wildman–Crippen LogP) is 3.70. The van der Waals surface area contributed by atoms with Crippen LogP contribution in [-0.2, 0) is 13.6 Å². The van der Waals surface area contributed by atoms with Gasteiger partial charge in [0.15, 0.2) is 0 Å². The molecule has 4 rings (SSSR count). The van der Waals surface area contributed by atoms with Crippen molar-refractivity contribution in [2.45, 2.75) is 13.5 Å². The Morgan fingerprint density at radius 1 is 1.00 bits per heavy atom. The highest BCUT2D eigenvalue weighted by molar-refractivity contribution is 5.70. The molecule has 0 atom stereocenters. The van der Waals surface area contributed by atoms with E-state index in [9.17, 15) is 0 Å². The summed E-state index contributed by atoms with van der Waals surface area (Å²) in [5.74, 6) is 0. The van der Waals surface area contributed by atoms with Crippen LogP contribution in [0.3, 0.4) is 0 Å². The van der Waals surface area contributed by atoms with E-state index < -0.39 is 0 Å². The zero-order chi connectivity index (χ0) is 17.2. The molecule has 0 N–H and O–H groups in total. The second-order valence-electron chi connectivity index (χ2n) is 6.18. The SMILES string of the molecule is Cc1cnccc1Cn1ccc(-c2cccc(-c3cnn(C)c3)c2)n1. The minimum atomic E-state index is 0.747. The first-order valence-electron chi connectivity index (χ1n) is 8.21. The Labute approximate surface area is 146 Å². The predicted molar refractivity (Wildman–Crippen MR) is 97.9 cm³/mol. The number of hydrogen-bond acceptors (Lipinski definition) is 3. The van der Waals surface area contributed by atoms with E-state index in [1.54, 1.807) is 0 Å². The summed E-state index contributed by atoms with van der Waals surface area (Å²) < 4.78 is 3.78. The Morgan fingerprint density at radius 3 is 2.68 bits per heavy atom. The third-order valence-electron chi connectivity index (χ3n) is 4.31. The summed E-state index contributed by atoms with van der Waals surface area (Å²) in [5, 5.41) is 8.98. The second-order valence-corrected chi connectivity index (χ2v) is 6.18. The van der Waals surface area contributed by atoms with Gasteiger partial charge >= 0.3 is 0 Å². The van der Waals surface area contributed by atoms with Crippen molar-refractivity contribution in [2.24, 2.45) is 7.05 Å². The van der Waals surface area contributed by atoms with E-state index >= 15 is 0 Å². The van der Waals surface area contributed by atoms with E-state index in [4.69, 9.17) is 5.10 Å². The summed E-state index contributed by atoms with van der Waals surface area (Å²) in [6.07, 6.45) is 9.63. The summed E-state index contributed by atoms with van der Waals surface area (Å²) in [6, 6.07) is 12.5. The van der Waals surface area contributed by atoms with Crippen molar-refractivity contribution in [2.75, 3.05) is 0 Å². The lowest BCUT2D eigenvalue weighted by Gasteiger charge is -2.05. The van der Waals surface area contributed by atoms with Gasteiger partial charge in [-0.2, -0.15) is 10.2 Å². The Morgan fingerprint density at radius 2 is 1.88 bits per heavy atom. The Balaban J connectivity index is 1.61. The van der Waals surface area contributed by atoms with Gasteiger partial charge in [0.05, 0.1) is 18.4 Å². The molecule has 0 aliphatic carbocycles. The molecule has 4 aromatic rings. The summed E-state index contributed by atoms with van der Waals surface area (Å²) in [6.45, 7) is 2.82. The standard InChI is InChI=1S/C20H19N5/c1-15-11-21-8-6-18(15)14-25-9-7-20(23-25)17-5-3-4-16(10-17)19-12-22-24(2)13-19/h3-13H,14H2,1-2H3. The Bertz CT molecular complexity index is 1010. The molecular formula is C20H19N5. The highest BCUT2D eigenvalue weighted by atomic mass is 15.3. The first-order chi connectivity index (χ1) is 12.2. The van der Waals surface area contributed by atoms with Gasteiger partial charge in [0, 0.05) is 43.0 Å². The summed E-state index contributed by atoms with van der Waals surface area (Å²) >= 11 is 0. The molecule has 3 heterocycles. The molecule has 0 unspecified atom stereocenters. The van der Waals surface area contributed by atoms with E-state index in [-0.39, 0.29) is 0 Å². The molecule has 0 spiro atoms. The van der Waals surface area contributed by atoms with Gasteiger partial charge in [-0.15, -0.1) is 0 Å². The monoisotopic (exact) mass is 329 g/mol. The summed E-state index contributed by atoms with van der Waals surface area (Å²) in [4.78, 5) is 4.14. The van der Waals surface area contributed by atoms with Crippen LogP contribution in [0.25, 0.3) is 22.4 Å². The van der Waals surface area contributed by atoms with Crippen molar-refractivity contribution in [1.82, 2.24) is 24.5 Å². The highest BCUT2D eigenvalue weighted by Crippen LogP contribution is 2.25. The number of benzene rings is 1.